The Morgan fingerprint density at radius 1 is 0.591 bits per heavy atom. The van der Waals surface area contributed by atoms with Crippen molar-refractivity contribution in [1.82, 2.24) is 0 Å². The highest BCUT2D eigenvalue weighted by Gasteiger charge is 2.05. The maximum Gasteiger partial charge on any atom is 0.0314 e. The topological polar surface area (TPSA) is 26.0 Å². The van der Waals surface area contributed by atoms with Gasteiger partial charge in [-0.3, -0.25) is 0 Å². The van der Waals surface area contributed by atoms with Gasteiger partial charge in [0.2, 0.25) is 0 Å². The summed E-state index contributed by atoms with van der Waals surface area (Å²) >= 11 is 0. The highest BCUT2D eigenvalue weighted by Crippen LogP contribution is 2.28. The minimum absolute atomic E-state index is 0.813. The van der Waals surface area contributed by atoms with Gasteiger partial charge in [-0.1, -0.05) is 66.7 Å². The highest BCUT2D eigenvalue weighted by molar-refractivity contribution is 6.08. The van der Waals surface area contributed by atoms with Gasteiger partial charge < -0.3 is 5.73 Å². The summed E-state index contributed by atoms with van der Waals surface area (Å²) in [4.78, 5) is 0. The Labute approximate surface area is 130 Å². The van der Waals surface area contributed by atoms with Crippen LogP contribution in [0.2, 0.25) is 0 Å². The monoisotopic (exact) mass is 283 g/mol. The lowest BCUT2D eigenvalue weighted by molar-refractivity contribution is 1.22. The van der Waals surface area contributed by atoms with E-state index in [2.05, 4.69) is 66.7 Å². The zero-order chi connectivity index (χ0) is 14.9. The van der Waals surface area contributed by atoms with E-state index in [9.17, 15) is 0 Å². The molecule has 0 atom stereocenters. The largest absolute Gasteiger partial charge is 0.399 e. The number of hydrogen-bond donors (Lipinski definition) is 1. The lowest BCUT2D eigenvalue weighted by Gasteiger charge is -2.09. The molecule has 0 spiro atoms. The third-order valence-corrected chi connectivity index (χ3v) is 4.25. The first-order valence-electron chi connectivity index (χ1n) is 7.55. The number of nitrogens with two attached hydrogens (primary N) is 1. The van der Waals surface area contributed by atoms with E-state index >= 15 is 0 Å². The van der Waals surface area contributed by atoms with Gasteiger partial charge >= 0.3 is 0 Å². The van der Waals surface area contributed by atoms with Crippen molar-refractivity contribution in [3.63, 3.8) is 0 Å². The molecule has 4 aromatic carbocycles. The van der Waals surface area contributed by atoms with Gasteiger partial charge in [0.25, 0.3) is 0 Å². The number of rotatable bonds is 2. The quantitative estimate of drug-likeness (QED) is 0.399. The number of nitrogen functional groups attached to an aromatic ring is 1. The van der Waals surface area contributed by atoms with E-state index in [1.54, 1.807) is 0 Å². The summed E-state index contributed by atoms with van der Waals surface area (Å²) in [6, 6.07) is 27.7. The summed E-state index contributed by atoms with van der Waals surface area (Å²) in [6.07, 6.45) is 0.927. The molecule has 4 aromatic rings. The molecule has 0 aliphatic rings. The van der Waals surface area contributed by atoms with Crippen molar-refractivity contribution in [2.45, 2.75) is 6.42 Å². The van der Waals surface area contributed by atoms with Crippen LogP contribution in [0.1, 0.15) is 11.1 Å². The van der Waals surface area contributed by atoms with Crippen molar-refractivity contribution in [3.05, 3.63) is 90.0 Å². The summed E-state index contributed by atoms with van der Waals surface area (Å²) in [7, 11) is 0. The van der Waals surface area contributed by atoms with Crippen LogP contribution in [0.25, 0.3) is 21.5 Å². The molecule has 0 heterocycles. The molecule has 106 valence electrons. The van der Waals surface area contributed by atoms with Gasteiger partial charge in [-0.05, 0) is 51.2 Å². The molecule has 1 nitrogen and oxygen atoms in total. The predicted molar refractivity (Wildman–Crippen MR) is 95.1 cm³/mol. The van der Waals surface area contributed by atoms with Gasteiger partial charge in [0.15, 0.2) is 0 Å². The zero-order valence-electron chi connectivity index (χ0n) is 12.3. The van der Waals surface area contributed by atoms with E-state index < -0.39 is 0 Å². The summed E-state index contributed by atoms with van der Waals surface area (Å²) in [5.74, 6) is 0. The standard InChI is InChI=1S/C21H17N/c22-18-11-8-15(9-12-18)14-17-5-3-7-21-19-6-2-1-4-16(19)10-13-20(17)21/h1-13H,14,22H2. The fourth-order valence-electron chi connectivity index (χ4n) is 3.11. The average Bonchev–Trinajstić information content (AvgIpc) is 2.57. The maximum absolute atomic E-state index is 5.77. The second kappa shape index (κ2) is 5.19. The first-order valence-corrected chi connectivity index (χ1v) is 7.55. The Bertz CT molecular complexity index is 952. The van der Waals surface area contributed by atoms with Crippen LogP contribution in [0.4, 0.5) is 5.69 Å². The lowest BCUT2D eigenvalue weighted by Crippen LogP contribution is -1.91. The van der Waals surface area contributed by atoms with Crippen LogP contribution in [0, 0.1) is 0 Å². The second-order valence-electron chi connectivity index (χ2n) is 5.72. The molecule has 0 aromatic heterocycles. The predicted octanol–water partition coefficient (Wildman–Crippen LogP) is 5.17. The number of hydrogen-bond acceptors (Lipinski definition) is 1. The molecule has 0 aliphatic heterocycles. The highest BCUT2D eigenvalue weighted by atomic mass is 14.5. The number of benzene rings is 4. The Hall–Kier alpha value is -2.80. The normalized spacial score (nSPS) is 11.1. The molecular formula is C21H17N. The van der Waals surface area contributed by atoms with Crippen LogP contribution in [0.5, 0.6) is 0 Å². The van der Waals surface area contributed by atoms with Gasteiger partial charge in [0.05, 0.1) is 0 Å². The van der Waals surface area contributed by atoms with Crippen molar-refractivity contribution in [2.75, 3.05) is 5.73 Å². The average molecular weight is 283 g/mol. The van der Waals surface area contributed by atoms with Crippen molar-refractivity contribution in [1.29, 1.82) is 0 Å². The van der Waals surface area contributed by atoms with Gasteiger partial charge in [-0.25, -0.2) is 0 Å². The SMILES string of the molecule is Nc1ccc(Cc2cccc3c2ccc2ccccc23)cc1. The summed E-state index contributed by atoms with van der Waals surface area (Å²) in [5.41, 5.74) is 9.23. The van der Waals surface area contributed by atoms with Crippen molar-refractivity contribution < 1.29 is 0 Å². The molecule has 0 radical (unpaired) electrons. The summed E-state index contributed by atoms with van der Waals surface area (Å²) < 4.78 is 0. The van der Waals surface area contributed by atoms with Gasteiger partial charge in [0, 0.05) is 5.69 Å². The lowest BCUT2D eigenvalue weighted by atomic mass is 9.95. The van der Waals surface area contributed by atoms with Crippen LogP contribution in [-0.4, -0.2) is 0 Å². The smallest absolute Gasteiger partial charge is 0.0314 e. The Kier molecular flexibility index (Phi) is 3.05. The second-order valence-corrected chi connectivity index (χ2v) is 5.72. The molecule has 22 heavy (non-hydrogen) atoms. The third-order valence-electron chi connectivity index (χ3n) is 4.25. The van der Waals surface area contributed by atoms with Crippen molar-refractivity contribution in [2.24, 2.45) is 0 Å². The van der Waals surface area contributed by atoms with Crippen molar-refractivity contribution in [3.8, 4) is 0 Å². The van der Waals surface area contributed by atoms with Crippen LogP contribution in [-0.2, 0) is 6.42 Å². The molecule has 1 heteroatoms. The van der Waals surface area contributed by atoms with E-state index in [0.717, 1.165) is 12.1 Å². The van der Waals surface area contributed by atoms with E-state index in [-0.39, 0.29) is 0 Å². The Morgan fingerprint density at radius 2 is 1.36 bits per heavy atom. The minimum atomic E-state index is 0.813. The molecule has 0 saturated heterocycles. The van der Waals surface area contributed by atoms with E-state index in [0.29, 0.717) is 0 Å². The molecule has 0 amide bonds. The van der Waals surface area contributed by atoms with Crippen LogP contribution < -0.4 is 5.73 Å². The molecule has 0 aliphatic carbocycles. The Morgan fingerprint density at radius 3 is 2.23 bits per heavy atom. The molecule has 0 unspecified atom stereocenters. The fourth-order valence-corrected chi connectivity index (χ4v) is 3.11. The summed E-state index contributed by atoms with van der Waals surface area (Å²) in [6.45, 7) is 0. The van der Waals surface area contributed by atoms with Gasteiger partial charge in [-0.15, -0.1) is 0 Å². The fraction of sp³-hybridized carbons (Fsp3) is 0.0476. The van der Waals surface area contributed by atoms with Crippen LogP contribution >= 0.6 is 0 Å². The molecular weight excluding hydrogens is 266 g/mol. The Balaban J connectivity index is 1.87. The van der Waals surface area contributed by atoms with E-state index in [1.165, 1.54) is 32.7 Å². The minimum Gasteiger partial charge on any atom is -0.399 e. The number of anilines is 1. The summed E-state index contributed by atoms with van der Waals surface area (Å²) in [5, 5.41) is 5.27. The van der Waals surface area contributed by atoms with Gasteiger partial charge in [-0.2, -0.15) is 0 Å². The van der Waals surface area contributed by atoms with E-state index in [1.807, 2.05) is 12.1 Å². The van der Waals surface area contributed by atoms with E-state index in [4.69, 9.17) is 5.73 Å². The molecule has 0 fully saturated rings. The first-order chi connectivity index (χ1) is 10.8. The van der Waals surface area contributed by atoms with Crippen molar-refractivity contribution >= 4 is 27.2 Å². The van der Waals surface area contributed by atoms with Gasteiger partial charge in [0.1, 0.15) is 0 Å². The molecule has 2 N–H and O–H groups in total. The van der Waals surface area contributed by atoms with Crippen LogP contribution in [0.3, 0.4) is 0 Å². The third kappa shape index (κ3) is 2.21. The molecule has 0 saturated carbocycles. The molecule has 4 rings (SSSR count). The zero-order valence-corrected chi connectivity index (χ0v) is 12.3. The molecule has 0 bridgehead atoms. The first kappa shape index (κ1) is 12.9. The number of fused-ring (bicyclic) bond motifs is 3. The van der Waals surface area contributed by atoms with Crippen LogP contribution in [0.15, 0.2) is 78.9 Å². The maximum atomic E-state index is 5.77.